The number of alkyl halides is 2. The van der Waals surface area contributed by atoms with Crippen molar-refractivity contribution >= 4 is 11.6 Å². The van der Waals surface area contributed by atoms with E-state index < -0.39 is 30.8 Å². The number of anilines is 1. The van der Waals surface area contributed by atoms with Crippen molar-refractivity contribution < 1.29 is 13.6 Å². The van der Waals surface area contributed by atoms with Crippen molar-refractivity contribution in [3.05, 3.63) is 29.8 Å². The van der Waals surface area contributed by atoms with Crippen molar-refractivity contribution in [3.8, 4) is 0 Å². The first-order chi connectivity index (χ1) is 11.9. The highest BCUT2D eigenvalue weighted by molar-refractivity contribution is 5.95. The molecule has 2 saturated heterocycles. The van der Waals surface area contributed by atoms with Gasteiger partial charge in [0.15, 0.2) is 0 Å². The van der Waals surface area contributed by atoms with Crippen LogP contribution in [0.3, 0.4) is 0 Å². The van der Waals surface area contributed by atoms with Crippen LogP contribution in [0.5, 0.6) is 0 Å². The van der Waals surface area contributed by atoms with E-state index in [2.05, 4.69) is 27.4 Å². The van der Waals surface area contributed by atoms with Gasteiger partial charge in [0.05, 0.1) is 12.6 Å². The first-order valence-corrected chi connectivity index (χ1v) is 8.91. The molecule has 0 aliphatic carbocycles. The van der Waals surface area contributed by atoms with Crippen LogP contribution in [0.2, 0.25) is 0 Å². The first kappa shape index (κ1) is 18.2. The van der Waals surface area contributed by atoms with Gasteiger partial charge in [-0.25, -0.2) is 8.78 Å². The SMILES string of the molecule is CCN1CCN(Cc2ccc(NC(=O)C3CC(F)(F)CN3)cc2)CC1. The summed E-state index contributed by atoms with van der Waals surface area (Å²) in [7, 11) is 0. The van der Waals surface area contributed by atoms with Crippen LogP contribution in [-0.2, 0) is 11.3 Å². The number of rotatable bonds is 5. The Labute approximate surface area is 147 Å². The van der Waals surface area contributed by atoms with Crippen LogP contribution in [-0.4, -0.2) is 66.9 Å². The van der Waals surface area contributed by atoms with Crippen LogP contribution in [0.25, 0.3) is 0 Å². The molecule has 2 aliphatic heterocycles. The third kappa shape index (κ3) is 4.96. The highest BCUT2D eigenvalue weighted by atomic mass is 19.3. The lowest BCUT2D eigenvalue weighted by Gasteiger charge is -2.34. The van der Waals surface area contributed by atoms with Crippen molar-refractivity contribution in [2.24, 2.45) is 0 Å². The molecule has 3 rings (SSSR count). The number of hydrogen-bond donors (Lipinski definition) is 2. The van der Waals surface area contributed by atoms with Gasteiger partial charge in [-0.15, -0.1) is 0 Å². The Morgan fingerprint density at radius 2 is 1.84 bits per heavy atom. The van der Waals surface area contributed by atoms with Crippen LogP contribution in [0.1, 0.15) is 18.9 Å². The number of likely N-dealkylation sites (N-methyl/N-ethyl adjacent to an activating group) is 1. The molecule has 25 heavy (non-hydrogen) atoms. The van der Waals surface area contributed by atoms with E-state index in [4.69, 9.17) is 0 Å². The molecule has 1 amide bonds. The van der Waals surface area contributed by atoms with E-state index in [1.54, 1.807) is 0 Å². The quantitative estimate of drug-likeness (QED) is 0.848. The second kappa shape index (κ2) is 7.76. The molecule has 0 spiro atoms. The Hall–Kier alpha value is -1.57. The summed E-state index contributed by atoms with van der Waals surface area (Å²) in [6, 6.07) is 6.81. The maximum Gasteiger partial charge on any atom is 0.262 e. The van der Waals surface area contributed by atoms with E-state index >= 15 is 0 Å². The molecule has 138 valence electrons. The van der Waals surface area contributed by atoms with E-state index in [9.17, 15) is 13.6 Å². The number of hydrogen-bond acceptors (Lipinski definition) is 4. The zero-order valence-corrected chi connectivity index (χ0v) is 14.6. The van der Waals surface area contributed by atoms with E-state index in [0.717, 1.165) is 39.3 Å². The van der Waals surface area contributed by atoms with Gasteiger partial charge < -0.3 is 10.2 Å². The van der Waals surface area contributed by atoms with Crippen molar-refractivity contribution in [1.82, 2.24) is 15.1 Å². The summed E-state index contributed by atoms with van der Waals surface area (Å²) < 4.78 is 26.3. The highest BCUT2D eigenvalue weighted by Crippen LogP contribution is 2.25. The number of carbonyl (C=O) groups is 1. The van der Waals surface area contributed by atoms with E-state index in [0.29, 0.717) is 5.69 Å². The van der Waals surface area contributed by atoms with Crippen molar-refractivity contribution in [2.75, 3.05) is 44.6 Å². The Morgan fingerprint density at radius 3 is 2.40 bits per heavy atom. The summed E-state index contributed by atoms with van der Waals surface area (Å²) in [5.41, 5.74) is 1.83. The van der Waals surface area contributed by atoms with Gasteiger partial charge in [-0.2, -0.15) is 0 Å². The van der Waals surface area contributed by atoms with Crippen molar-refractivity contribution in [1.29, 1.82) is 0 Å². The number of halogens is 2. The lowest BCUT2D eigenvalue weighted by atomic mass is 10.1. The van der Waals surface area contributed by atoms with E-state index in [-0.39, 0.29) is 0 Å². The van der Waals surface area contributed by atoms with Crippen LogP contribution in [0, 0.1) is 0 Å². The lowest BCUT2D eigenvalue weighted by molar-refractivity contribution is -0.118. The minimum atomic E-state index is -2.80. The van der Waals surface area contributed by atoms with Gasteiger partial charge in [-0.05, 0) is 24.2 Å². The fraction of sp³-hybridized carbons (Fsp3) is 0.611. The number of carbonyl (C=O) groups excluding carboxylic acids is 1. The number of amides is 1. The van der Waals surface area contributed by atoms with Crippen molar-refractivity contribution in [3.63, 3.8) is 0 Å². The summed E-state index contributed by atoms with van der Waals surface area (Å²) in [4.78, 5) is 16.9. The molecule has 1 aromatic carbocycles. The second-order valence-corrected chi connectivity index (χ2v) is 6.89. The Kier molecular flexibility index (Phi) is 5.66. The molecule has 1 unspecified atom stereocenters. The minimum absolute atomic E-state index is 0.402. The molecular weight excluding hydrogens is 326 g/mol. The lowest BCUT2D eigenvalue weighted by Crippen LogP contribution is -2.45. The first-order valence-electron chi connectivity index (χ1n) is 8.91. The van der Waals surface area contributed by atoms with Crippen LogP contribution in [0.4, 0.5) is 14.5 Å². The zero-order valence-electron chi connectivity index (χ0n) is 14.6. The van der Waals surface area contributed by atoms with Crippen LogP contribution >= 0.6 is 0 Å². The largest absolute Gasteiger partial charge is 0.325 e. The number of piperazine rings is 1. The monoisotopic (exact) mass is 352 g/mol. The molecule has 0 aromatic heterocycles. The molecule has 2 fully saturated rings. The normalized spacial score (nSPS) is 24.4. The molecular formula is C18H26F2N4O. The van der Waals surface area contributed by atoms with Gasteiger partial charge in [-0.1, -0.05) is 19.1 Å². The molecule has 1 atom stereocenters. The Morgan fingerprint density at radius 1 is 1.20 bits per heavy atom. The summed E-state index contributed by atoms with van der Waals surface area (Å²) >= 11 is 0. The van der Waals surface area contributed by atoms with Crippen molar-refractivity contribution in [2.45, 2.75) is 31.9 Å². The van der Waals surface area contributed by atoms with Gasteiger partial charge >= 0.3 is 0 Å². The predicted octanol–water partition coefficient (Wildman–Crippen LogP) is 1.76. The van der Waals surface area contributed by atoms with Gasteiger partial charge in [0.25, 0.3) is 5.92 Å². The predicted molar refractivity (Wildman–Crippen MR) is 93.8 cm³/mol. The van der Waals surface area contributed by atoms with Gasteiger partial charge in [0.2, 0.25) is 5.91 Å². The standard InChI is InChI=1S/C18H26F2N4O/c1-2-23-7-9-24(10-8-23)12-14-3-5-15(6-4-14)22-17(25)16-11-18(19,20)13-21-16/h3-6,16,21H,2,7-13H2,1H3,(H,22,25). The zero-order chi connectivity index (χ0) is 17.9. The molecule has 1 aromatic rings. The molecule has 5 nitrogen and oxygen atoms in total. The summed E-state index contributed by atoms with van der Waals surface area (Å²) in [5, 5.41) is 5.28. The smallest absolute Gasteiger partial charge is 0.262 e. The number of nitrogens with zero attached hydrogens (tertiary/aromatic N) is 2. The molecule has 0 saturated carbocycles. The van der Waals surface area contributed by atoms with Crippen LogP contribution < -0.4 is 10.6 Å². The number of benzene rings is 1. The van der Waals surface area contributed by atoms with Gasteiger partial charge in [0.1, 0.15) is 0 Å². The average molecular weight is 352 g/mol. The third-order valence-electron chi connectivity index (χ3n) is 4.97. The maximum atomic E-state index is 13.2. The molecule has 2 heterocycles. The fourth-order valence-electron chi connectivity index (χ4n) is 3.35. The van der Waals surface area contributed by atoms with E-state index in [1.165, 1.54) is 5.56 Å². The van der Waals surface area contributed by atoms with E-state index in [1.807, 2.05) is 24.3 Å². The molecule has 2 aliphatic rings. The second-order valence-electron chi connectivity index (χ2n) is 6.89. The molecule has 2 N–H and O–H groups in total. The van der Waals surface area contributed by atoms with Gasteiger partial charge in [0, 0.05) is 44.8 Å². The molecule has 0 bridgehead atoms. The summed E-state index contributed by atoms with van der Waals surface area (Å²) in [6.07, 6.45) is -0.444. The Balaban J connectivity index is 1.48. The Bertz CT molecular complexity index is 585. The van der Waals surface area contributed by atoms with Gasteiger partial charge in [-0.3, -0.25) is 15.0 Å². The fourth-order valence-corrected chi connectivity index (χ4v) is 3.35. The summed E-state index contributed by atoms with van der Waals surface area (Å²) in [5.74, 6) is -3.20. The molecule has 0 radical (unpaired) electrons. The molecule has 7 heteroatoms. The topological polar surface area (TPSA) is 47.6 Å². The number of nitrogens with one attached hydrogen (secondary N) is 2. The third-order valence-corrected chi connectivity index (χ3v) is 4.97. The highest BCUT2D eigenvalue weighted by Gasteiger charge is 2.42. The average Bonchev–Trinajstić information content (AvgIpc) is 2.97. The minimum Gasteiger partial charge on any atom is -0.325 e. The maximum absolute atomic E-state index is 13.2. The van der Waals surface area contributed by atoms with Crippen LogP contribution in [0.15, 0.2) is 24.3 Å². The summed E-state index contributed by atoms with van der Waals surface area (Å²) in [6.45, 7) is 8.07.